The molecule has 1 aromatic heterocycles. The monoisotopic (exact) mass is 347 g/mol. The lowest BCUT2D eigenvalue weighted by atomic mass is 10.1. The summed E-state index contributed by atoms with van der Waals surface area (Å²) in [5.41, 5.74) is 1.09. The Morgan fingerprint density at radius 2 is 2.10 bits per heavy atom. The van der Waals surface area contributed by atoms with Gasteiger partial charge in [-0.2, -0.15) is 0 Å². The topological polar surface area (TPSA) is 25.6 Å². The lowest BCUT2D eigenvalue weighted by molar-refractivity contribution is 0.120. The van der Waals surface area contributed by atoms with E-state index >= 15 is 0 Å². The van der Waals surface area contributed by atoms with Crippen LogP contribution in [0.2, 0.25) is 10.0 Å². The summed E-state index contributed by atoms with van der Waals surface area (Å²) in [6, 6.07) is 7.44. The normalized spacial score (nSPS) is 18.0. The Bertz CT molecular complexity index is 642. The molecule has 21 heavy (non-hydrogen) atoms. The molecule has 1 aliphatic heterocycles. The highest BCUT2D eigenvalue weighted by Gasteiger charge is 2.28. The van der Waals surface area contributed by atoms with E-state index in [1.54, 1.807) is 6.07 Å². The third kappa shape index (κ3) is 3.32. The number of rotatable bonds is 2. The van der Waals surface area contributed by atoms with Crippen molar-refractivity contribution in [2.45, 2.75) is 19.6 Å². The molecule has 1 atom stereocenters. The van der Waals surface area contributed by atoms with Crippen LogP contribution in [0.1, 0.15) is 23.2 Å². The van der Waals surface area contributed by atoms with E-state index in [-0.39, 0.29) is 18.5 Å². The van der Waals surface area contributed by atoms with Crippen LogP contribution in [-0.4, -0.2) is 18.5 Å². The van der Waals surface area contributed by atoms with E-state index in [9.17, 15) is 0 Å². The number of hydrogen-bond donors (Lipinski definition) is 0. The zero-order chi connectivity index (χ0) is 14.3. The molecule has 0 bridgehead atoms. The second kappa shape index (κ2) is 6.49. The number of likely N-dealkylation sites (N-methyl/N-ethyl adjacent to an activating group) is 1. The molecule has 0 radical (unpaired) electrons. The predicted octanol–water partition coefficient (Wildman–Crippen LogP) is 4.88. The Labute approximate surface area is 140 Å². The van der Waals surface area contributed by atoms with Gasteiger partial charge in [-0.15, -0.1) is 12.4 Å². The summed E-state index contributed by atoms with van der Waals surface area (Å²) >= 11 is 12.2. The highest BCUT2D eigenvalue weighted by molar-refractivity contribution is 6.42. The Kier molecular flexibility index (Phi) is 5.10. The summed E-state index contributed by atoms with van der Waals surface area (Å²) in [4.78, 5) is 2.16. The summed E-state index contributed by atoms with van der Waals surface area (Å²) in [7, 11) is 2.04. The van der Waals surface area contributed by atoms with Gasteiger partial charge in [0, 0.05) is 12.1 Å². The summed E-state index contributed by atoms with van der Waals surface area (Å²) in [5.74, 6) is 2.46. The number of ether oxygens (including phenoxy) is 1. The molecule has 0 N–H and O–H groups in total. The predicted molar refractivity (Wildman–Crippen MR) is 86.9 cm³/mol. The van der Waals surface area contributed by atoms with E-state index in [1.165, 1.54) is 0 Å². The molecule has 6 heteroatoms. The fourth-order valence-electron chi connectivity index (χ4n) is 2.50. The van der Waals surface area contributed by atoms with Crippen molar-refractivity contribution in [2.75, 3.05) is 13.6 Å². The molecule has 0 saturated heterocycles. The zero-order valence-corrected chi connectivity index (χ0v) is 14.1. The van der Waals surface area contributed by atoms with Crippen LogP contribution >= 0.6 is 35.6 Å². The van der Waals surface area contributed by atoms with E-state index in [0.29, 0.717) is 15.8 Å². The molecule has 3 nitrogen and oxygen atoms in total. The highest BCUT2D eigenvalue weighted by atomic mass is 35.5. The fourth-order valence-corrected chi connectivity index (χ4v) is 2.83. The summed E-state index contributed by atoms with van der Waals surface area (Å²) < 4.78 is 11.8. The molecule has 0 saturated carbocycles. The van der Waals surface area contributed by atoms with Gasteiger partial charge in [-0.25, -0.2) is 0 Å². The number of fused-ring (bicyclic) bond motifs is 1. The number of benzene rings is 1. The maximum absolute atomic E-state index is 6.19. The van der Waals surface area contributed by atoms with Gasteiger partial charge in [0.2, 0.25) is 0 Å². The van der Waals surface area contributed by atoms with Gasteiger partial charge >= 0.3 is 0 Å². The second-order valence-corrected chi connectivity index (χ2v) is 5.88. The first kappa shape index (κ1) is 16.5. The van der Waals surface area contributed by atoms with E-state index in [4.69, 9.17) is 32.4 Å². The Hall–Kier alpha value is -0.870. The van der Waals surface area contributed by atoms with E-state index in [0.717, 1.165) is 30.2 Å². The van der Waals surface area contributed by atoms with Gasteiger partial charge in [0.1, 0.15) is 28.4 Å². The minimum Gasteiger partial charge on any atom is -0.483 e. The third-order valence-corrected chi connectivity index (χ3v) is 4.19. The summed E-state index contributed by atoms with van der Waals surface area (Å²) in [5, 5.41) is 0.945. The van der Waals surface area contributed by atoms with Crippen LogP contribution < -0.4 is 4.74 Å². The van der Waals surface area contributed by atoms with Gasteiger partial charge in [-0.1, -0.05) is 29.3 Å². The van der Waals surface area contributed by atoms with Gasteiger partial charge < -0.3 is 9.15 Å². The molecule has 3 rings (SSSR count). The highest BCUT2D eigenvalue weighted by Crippen LogP contribution is 2.37. The lowest BCUT2D eigenvalue weighted by Crippen LogP contribution is -2.32. The van der Waals surface area contributed by atoms with Crippen molar-refractivity contribution in [1.29, 1.82) is 0 Å². The molecule has 114 valence electrons. The minimum absolute atomic E-state index is 0. The first-order valence-electron chi connectivity index (χ1n) is 6.43. The third-order valence-electron chi connectivity index (χ3n) is 3.39. The molecule has 2 aromatic rings. The van der Waals surface area contributed by atoms with Crippen molar-refractivity contribution < 1.29 is 9.15 Å². The summed E-state index contributed by atoms with van der Waals surface area (Å²) in [6.45, 7) is 3.53. The summed E-state index contributed by atoms with van der Waals surface area (Å²) in [6.07, 6.45) is -0.0998. The Morgan fingerprint density at radius 3 is 2.86 bits per heavy atom. The second-order valence-electron chi connectivity index (χ2n) is 5.09. The zero-order valence-electron chi connectivity index (χ0n) is 11.7. The van der Waals surface area contributed by atoms with Gasteiger partial charge in [0.15, 0.2) is 0 Å². The van der Waals surface area contributed by atoms with Gasteiger partial charge in [0.25, 0.3) is 0 Å². The molecule has 0 amide bonds. The number of nitrogens with zero attached hydrogens (tertiary/aromatic N) is 1. The molecule has 0 fully saturated rings. The SMILES string of the molecule is Cc1cc2c(o1)CN(C)CC2Oc1cccc(Cl)c1Cl.Cl. The first-order chi connectivity index (χ1) is 9.54. The number of aryl methyl sites for hydroxylation is 1. The number of halogens is 3. The first-order valence-corrected chi connectivity index (χ1v) is 7.18. The van der Waals surface area contributed by atoms with Crippen LogP contribution in [-0.2, 0) is 6.54 Å². The largest absolute Gasteiger partial charge is 0.483 e. The van der Waals surface area contributed by atoms with Crippen LogP contribution in [0.4, 0.5) is 0 Å². The minimum atomic E-state index is -0.0998. The smallest absolute Gasteiger partial charge is 0.140 e. The van der Waals surface area contributed by atoms with E-state index in [2.05, 4.69) is 4.90 Å². The van der Waals surface area contributed by atoms with Crippen molar-refractivity contribution in [1.82, 2.24) is 4.90 Å². The van der Waals surface area contributed by atoms with Crippen LogP contribution in [0, 0.1) is 6.92 Å². The molecular weight excluding hydrogens is 333 g/mol. The molecule has 1 aromatic carbocycles. The number of hydrogen-bond acceptors (Lipinski definition) is 3. The van der Waals surface area contributed by atoms with Crippen molar-refractivity contribution in [3.63, 3.8) is 0 Å². The standard InChI is InChI=1S/C15H15Cl2NO2.ClH/c1-9-6-10-13(19-9)7-18(2)8-14(10)20-12-5-3-4-11(16)15(12)17;/h3-6,14H,7-8H2,1-2H3;1H. The van der Waals surface area contributed by atoms with Gasteiger partial charge in [-0.3, -0.25) is 4.90 Å². The Morgan fingerprint density at radius 1 is 1.33 bits per heavy atom. The van der Waals surface area contributed by atoms with Crippen molar-refractivity contribution >= 4 is 35.6 Å². The maximum atomic E-state index is 6.19. The Balaban J connectivity index is 0.00000161. The van der Waals surface area contributed by atoms with E-state index in [1.807, 2.05) is 32.2 Å². The van der Waals surface area contributed by atoms with Crippen molar-refractivity contribution in [3.05, 3.63) is 51.4 Å². The quantitative estimate of drug-likeness (QED) is 0.773. The van der Waals surface area contributed by atoms with Crippen molar-refractivity contribution in [3.8, 4) is 5.75 Å². The van der Waals surface area contributed by atoms with Gasteiger partial charge in [0.05, 0.1) is 11.6 Å². The molecular formula is C15H16Cl3NO2. The van der Waals surface area contributed by atoms with Crippen LogP contribution in [0.5, 0.6) is 5.75 Å². The maximum Gasteiger partial charge on any atom is 0.140 e. The van der Waals surface area contributed by atoms with Crippen LogP contribution in [0.15, 0.2) is 28.7 Å². The molecule has 0 spiro atoms. The molecule has 0 aliphatic carbocycles. The molecule has 1 aliphatic rings. The average molecular weight is 349 g/mol. The van der Waals surface area contributed by atoms with Gasteiger partial charge in [-0.05, 0) is 32.2 Å². The van der Waals surface area contributed by atoms with Crippen molar-refractivity contribution in [2.24, 2.45) is 0 Å². The van der Waals surface area contributed by atoms with E-state index < -0.39 is 0 Å². The van der Waals surface area contributed by atoms with Crippen LogP contribution in [0.3, 0.4) is 0 Å². The fraction of sp³-hybridized carbons (Fsp3) is 0.333. The molecule has 1 unspecified atom stereocenters. The number of furan rings is 1. The lowest BCUT2D eigenvalue weighted by Gasteiger charge is -2.29. The van der Waals surface area contributed by atoms with Crippen LogP contribution in [0.25, 0.3) is 0 Å². The average Bonchev–Trinajstić information content (AvgIpc) is 2.75. The molecule has 2 heterocycles.